The van der Waals surface area contributed by atoms with Crippen LogP contribution in [0.25, 0.3) is 5.57 Å². The smallest absolute Gasteiger partial charge is 0.261 e. The number of rotatable bonds is 2. The van der Waals surface area contributed by atoms with Crippen molar-refractivity contribution in [3.63, 3.8) is 0 Å². The third-order valence-electron chi connectivity index (χ3n) is 3.72. The van der Waals surface area contributed by atoms with E-state index in [0.717, 1.165) is 18.8 Å². The van der Waals surface area contributed by atoms with Gasteiger partial charge in [0, 0.05) is 29.9 Å². The summed E-state index contributed by atoms with van der Waals surface area (Å²) in [4.78, 5) is 26.0. The Bertz CT molecular complexity index is 601. The van der Waals surface area contributed by atoms with E-state index in [4.69, 9.17) is 4.74 Å². The molecule has 0 spiro atoms. The van der Waals surface area contributed by atoms with Crippen molar-refractivity contribution in [3.8, 4) is 0 Å². The van der Waals surface area contributed by atoms with Crippen molar-refractivity contribution in [3.05, 3.63) is 35.6 Å². The Kier molecular flexibility index (Phi) is 3.18. The first-order valence-corrected chi connectivity index (χ1v) is 6.68. The Balaban J connectivity index is 2.08. The molecule has 1 fully saturated rings. The lowest BCUT2D eigenvalue weighted by Crippen LogP contribution is -2.36. The first kappa shape index (κ1) is 12.7. The molecule has 0 bridgehead atoms. The quantitative estimate of drug-likeness (QED) is 0.504. The molecular formula is C15H16N2O3. The highest BCUT2D eigenvalue weighted by Crippen LogP contribution is 2.30. The number of carbonyl (C=O) groups is 2. The van der Waals surface area contributed by atoms with E-state index in [-0.39, 0.29) is 5.91 Å². The molecule has 2 amide bonds. The normalized spacial score (nSPS) is 20.1. The molecule has 0 saturated carbocycles. The topological polar surface area (TPSA) is 58.6 Å². The maximum atomic E-state index is 11.9. The van der Waals surface area contributed by atoms with Crippen molar-refractivity contribution in [2.75, 3.05) is 25.1 Å². The number of hydrogen-bond acceptors (Lipinski definition) is 4. The fourth-order valence-electron chi connectivity index (χ4n) is 2.72. The highest BCUT2D eigenvalue weighted by Gasteiger charge is 2.28. The standard InChI is InChI=1S/C15H16N2O3/c1-20-9-13-12-8-10(17-6-2-3-7-17)4-5-11(12)14(18)16-15(13)19/h4-5,8-9H,2-3,6-7H2,1H3,(H,16,18,19)/b13-9+. The molecule has 2 aliphatic rings. The van der Waals surface area contributed by atoms with Gasteiger partial charge in [-0.3, -0.25) is 14.9 Å². The summed E-state index contributed by atoms with van der Waals surface area (Å²) in [6.45, 7) is 2.03. The van der Waals surface area contributed by atoms with Gasteiger partial charge in [-0.15, -0.1) is 0 Å². The van der Waals surface area contributed by atoms with Gasteiger partial charge in [-0.05, 0) is 31.0 Å². The molecule has 1 aromatic carbocycles. The van der Waals surface area contributed by atoms with Gasteiger partial charge in [0.2, 0.25) is 0 Å². The largest absolute Gasteiger partial charge is 0.504 e. The lowest BCUT2D eigenvalue weighted by molar-refractivity contribution is -0.114. The van der Waals surface area contributed by atoms with E-state index >= 15 is 0 Å². The van der Waals surface area contributed by atoms with Gasteiger partial charge in [0.1, 0.15) is 0 Å². The minimum atomic E-state index is -0.414. The third-order valence-corrected chi connectivity index (χ3v) is 3.72. The molecule has 1 saturated heterocycles. The molecule has 0 atom stereocenters. The van der Waals surface area contributed by atoms with Gasteiger partial charge in [-0.1, -0.05) is 0 Å². The van der Waals surface area contributed by atoms with Gasteiger partial charge in [-0.25, -0.2) is 0 Å². The predicted molar refractivity (Wildman–Crippen MR) is 75.3 cm³/mol. The van der Waals surface area contributed by atoms with Crippen molar-refractivity contribution in [1.29, 1.82) is 0 Å². The first-order chi connectivity index (χ1) is 9.70. The zero-order valence-corrected chi connectivity index (χ0v) is 11.3. The van der Waals surface area contributed by atoms with E-state index in [0.29, 0.717) is 16.7 Å². The van der Waals surface area contributed by atoms with Crippen molar-refractivity contribution >= 4 is 23.1 Å². The number of methoxy groups -OCH3 is 1. The van der Waals surface area contributed by atoms with Crippen LogP contribution in [0.1, 0.15) is 28.8 Å². The molecule has 20 heavy (non-hydrogen) atoms. The number of hydrogen-bond donors (Lipinski definition) is 1. The van der Waals surface area contributed by atoms with Crippen LogP contribution >= 0.6 is 0 Å². The zero-order chi connectivity index (χ0) is 14.1. The Hall–Kier alpha value is -2.30. The van der Waals surface area contributed by atoms with Gasteiger partial charge in [0.15, 0.2) is 0 Å². The van der Waals surface area contributed by atoms with Crippen molar-refractivity contribution in [2.45, 2.75) is 12.8 Å². The van der Waals surface area contributed by atoms with Crippen LogP contribution in [-0.4, -0.2) is 32.0 Å². The van der Waals surface area contributed by atoms with Gasteiger partial charge >= 0.3 is 0 Å². The average Bonchev–Trinajstić information content (AvgIpc) is 2.97. The van der Waals surface area contributed by atoms with Crippen LogP contribution in [0.2, 0.25) is 0 Å². The van der Waals surface area contributed by atoms with Gasteiger partial charge in [0.25, 0.3) is 11.8 Å². The monoisotopic (exact) mass is 272 g/mol. The summed E-state index contributed by atoms with van der Waals surface area (Å²) in [5.74, 6) is -0.769. The molecule has 1 aromatic rings. The first-order valence-electron chi connectivity index (χ1n) is 6.68. The van der Waals surface area contributed by atoms with Crippen LogP contribution in [-0.2, 0) is 9.53 Å². The molecular weight excluding hydrogens is 256 g/mol. The van der Waals surface area contributed by atoms with Crippen LogP contribution in [0.3, 0.4) is 0 Å². The lowest BCUT2D eigenvalue weighted by atomic mass is 9.95. The van der Waals surface area contributed by atoms with Gasteiger partial charge in [0.05, 0.1) is 18.9 Å². The molecule has 3 rings (SSSR count). The van der Waals surface area contributed by atoms with Crippen LogP contribution in [0.15, 0.2) is 24.5 Å². The number of imide groups is 1. The number of carbonyl (C=O) groups excluding carboxylic acids is 2. The molecule has 2 aliphatic heterocycles. The molecule has 5 nitrogen and oxygen atoms in total. The van der Waals surface area contributed by atoms with Gasteiger partial charge in [-0.2, -0.15) is 0 Å². The average molecular weight is 272 g/mol. The second-order valence-electron chi connectivity index (χ2n) is 4.97. The Labute approximate surface area is 117 Å². The summed E-state index contributed by atoms with van der Waals surface area (Å²) >= 11 is 0. The molecule has 104 valence electrons. The predicted octanol–water partition coefficient (Wildman–Crippen LogP) is 1.54. The SMILES string of the molecule is CO/C=C1/C(=O)NC(=O)c2ccc(N3CCCC3)cc21. The summed E-state index contributed by atoms with van der Waals surface area (Å²) in [6.07, 6.45) is 3.74. The van der Waals surface area contributed by atoms with E-state index in [1.165, 1.54) is 26.2 Å². The van der Waals surface area contributed by atoms with E-state index in [9.17, 15) is 9.59 Å². The second-order valence-corrected chi connectivity index (χ2v) is 4.97. The number of nitrogens with zero attached hydrogens (tertiary/aromatic N) is 1. The van der Waals surface area contributed by atoms with Crippen molar-refractivity contribution in [2.24, 2.45) is 0 Å². The Morgan fingerprint density at radius 1 is 1.15 bits per heavy atom. The molecule has 0 aliphatic carbocycles. The fraction of sp³-hybridized carbons (Fsp3) is 0.333. The Morgan fingerprint density at radius 3 is 2.60 bits per heavy atom. The zero-order valence-electron chi connectivity index (χ0n) is 11.3. The van der Waals surface area contributed by atoms with Crippen molar-refractivity contribution < 1.29 is 14.3 Å². The third kappa shape index (κ3) is 2.05. The molecule has 2 heterocycles. The number of ether oxygens (including phenoxy) is 1. The summed E-state index contributed by atoms with van der Waals surface area (Å²) in [6, 6.07) is 5.61. The molecule has 0 aromatic heterocycles. The number of anilines is 1. The lowest BCUT2D eigenvalue weighted by Gasteiger charge is -2.22. The number of benzene rings is 1. The van der Waals surface area contributed by atoms with E-state index in [2.05, 4.69) is 10.2 Å². The van der Waals surface area contributed by atoms with Crippen LogP contribution < -0.4 is 10.2 Å². The van der Waals surface area contributed by atoms with Crippen LogP contribution in [0.4, 0.5) is 5.69 Å². The number of amides is 2. The molecule has 0 unspecified atom stereocenters. The minimum absolute atomic E-state index is 0.355. The molecule has 5 heteroatoms. The van der Waals surface area contributed by atoms with E-state index in [1.807, 2.05) is 12.1 Å². The van der Waals surface area contributed by atoms with Crippen LogP contribution in [0, 0.1) is 0 Å². The van der Waals surface area contributed by atoms with E-state index in [1.54, 1.807) is 6.07 Å². The summed E-state index contributed by atoms with van der Waals surface area (Å²) < 4.78 is 4.96. The van der Waals surface area contributed by atoms with Crippen LogP contribution in [0.5, 0.6) is 0 Å². The maximum Gasteiger partial charge on any atom is 0.261 e. The maximum absolute atomic E-state index is 11.9. The number of nitrogens with one attached hydrogen (secondary N) is 1. The fourth-order valence-corrected chi connectivity index (χ4v) is 2.72. The summed E-state index contributed by atoms with van der Waals surface area (Å²) in [5.41, 5.74) is 2.59. The van der Waals surface area contributed by atoms with Crippen molar-refractivity contribution in [1.82, 2.24) is 5.32 Å². The molecule has 1 N–H and O–H groups in total. The second kappa shape index (κ2) is 5.00. The Morgan fingerprint density at radius 2 is 1.90 bits per heavy atom. The highest BCUT2D eigenvalue weighted by atomic mass is 16.5. The summed E-state index contributed by atoms with van der Waals surface area (Å²) in [7, 11) is 1.49. The van der Waals surface area contributed by atoms with E-state index < -0.39 is 5.91 Å². The highest BCUT2D eigenvalue weighted by molar-refractivity contribution is 6.31. The van der Waals surface area contributed by atoms with Gasteiger partial charge < -0.3 is 9.64 Å². The minimum Gasteiger partial charge on any atom is -0.504 e. The molecule has 0 radical (unpaired) electrons. The summed E-state index contributed by atoms with van der Waals surface area (Å²) in [5, 5.41) is 2.32. The number of fused-ring (bicyclic) bond motifs is 1.